The Bertz CT molecular complexity index is 1490. The molecular formula is C31H23N. The van der Waals surface area contributed by atoms with Crippen LogP contribution in [0.25, 0.3) is 55.8 Å². The van der Waals surface area contributed by atoms with E-state index >= 15 is 0 Å². The van der Waals surface area contributed by atoms with E-state index < -0.39 is 0 Å². The largest absolute Gasteiger partial charge is 0.256 e. The van der Waals surface area contributed by atoms with Gasteiger partial charge in [0.05, 0.1) is 5.69 Å². The Balaban J connectivity index is 1.70. The van der Waals surface area contributed by atoms with Gasteiger partial charge in [0.2, 0.25) is 0 Å². The van der Waals surface area contributed by atoms with Crippen LogP contribution in [-0.4, -0.2) is 4.98 Å². The maximum absolute atomic E-state index is 4.74. The zero-order valence-electron chi connectivity index (χ0n) is 18.3. The first kappa shape index (κ1) is 18.8. The van der Waals surface area contributed by atoms with Crippen molar-refractivity contribution in [1.29, 1.82) is 0 Å². The lowest BCUT2D eigenvalue weighted by Crippen LogP contribution is -1.97. The molecule has 0 saturated heterocycles. The van der Waals surface area contributed by atoms with E-state index in [9.17, 15) is 0 Å². The standard InChI is InChI=1S/C31H23N/c1-20-17-31(32-19-21(20)2)22-15-16-29-27-13-6-5-11-25(27)23-9-3-4-10-24(23)26-12-7-8-14-28(26)30(29)18-22/h3-19H,1-2H3. The van der Waals surface area contributed by atoms with Crippen LogP contribution in [0, 0.1) is 13.8 Å². The highest BCUT2D eigenvalue weighted by Crippen LogP contribution is 2.48. The Labute approximate surface area is 189 Å². The summed E-state index contributed by atoms with van der Waals surface area (Å²) in [6.07, 6.45) is 1.97. The summed E-state index contributed by atoms with van der Waals surface area (Å²) >= 11 is 0. The van der Waals surface area contributed by atoms with Gasteiger partial charge in [0.1, 0.15) is 0 Å². The van der Waals surface area contributed by atoms with Gasteiger partial charge in [-0.25, -0.2) is 0 Å². The van der Waals surface area contributed by atoms with E-state index in [4.69, 9.17) is 4.98 Å². The van der Waals surface area contributed by atoms with Crippen LogP contribution in [0.2, 0.25) is 0 Å². The molecule has 0 bridgehead atoms. The summed E-state index contributed by atoms with van der Waals surface area (Å²) in [5.41, 5.74) is 14.8. The Hall–Kier alpha value is -3.97. The van der Waals surface area contributed by atoms with Gasteiger partial charge in [-0.2, -0.15) is 0 Å². The molecule has 1 heterocycles. The molecule has 152 valence electrons. The molecule has 1 nitrogen and oxygen atoms in total. The minimum Gasteiger partial charge on any atom is -0.256 e. The third-order valence-corrected chi connectivity index (χ3v) is 6.63. The van der Waals surface area contributed by atoms with E-state index in [-0.39, 0.29) is 0 Å². The molecule has 0 unspecified atom stereocenters. The monoisotopic (exact) mass is 409 g/mol. The highest BCUT2D eigenvalue weighted by molar-refractivity contribution is 6.03. The van der Waals surface area contributed by atoms with Crippen molar-refractivity contribution >= 4 is 0 Å². The van der Waals surface area contributed by atoms with E-state index in [0.29, 0.717) is 0 Å². The minimum atomic E-state index is 1.02. The first-order chi connectivity index (χ1) is 15.7. The zero-order chi connectivity index (χ0) is 21.7. The number of nitrogens with zero attached hydrogens (tertiary/aromatic N) is 1. The highest BCUT2D eigenvalue weighted by Gasteiger charge is 2.21. The van der Waals surface area contributed by atoms with Crippen LogP contribution in [0.1, 0.15) is 11.1 Å². The Kier molecular flexibility index (Phi) is 4.29. The number of benzene rings is 4. The van der Waals surface area contributed by atoms with Crippen molar-refractivity contribution in [2.75, 3.05) is 0 Å². The minimum absolute atomic E-state index is 1.02. The van der Waals surface area contributed by atoms with Gasteiger partial charge in [0, 0.05) is 11.8 Å². The SMILES string of the molecule is Cc1cnc(-c2ccc3c(c2)-c2ccccc2-c2ccccc2-c2ccccc2-3)cc1C. The second kappa shape index (κ2) is 7.32. The molecular weight excluding hydrogens is 386 g/mol. The number of hydrogen-bond donors (Lipinski definition) is 0. The van der Waals surface area contributed by atoms with Crippen molar-refractivity contribution < 1.29 is 0 Å². The van der Waals surface area contributed by atoms with Gasteiger partial charge in [-0.15, -0.1) is 0 Å². The van der Waals surface area contributed by atoms with Crippen LogP contribution in [0.15, 0.2) is 103 Å². The molecule has 1 aromatic heterocycles. The Morgan fingerprint density at radius 3 is 1.34 bits per heavy atom. The van der Waals surface area contributed by atoms with Crippen molar-refractivity contribution in [3.8, 4) is 55.8 Å². The van der Waals surface area contributed by atoms with E-state index in [2.05, 4.69) is 111 Å². The molecule has 5 aromatic rings. The summed E-state index contributed by atoms with van der Waals surface area (Å²) in [7, 11) is 0. The molecule has 0 saturated carbocycles. The fourth-order valence-electron chi connectivity index (χ4n) is 4.80. The average Bonchev–Trinajstić information content (AvgIpc) is 2.85. The first-order valence-electron chi connectivity index (χ1n) is 11.1. The number of aryl methyl sites for hydroxylation is 2. The third kappa shape index (κ3) is 2.90. The van der Waals surface area contributed by atoms with Crippen molar-refractivity contribution in [3.05, 3.63) is 114 Å². The fourth-order valence-corrected chi connectivity index (χ4v) is 4.80. The molecule has 0 fully saturated rings. The van der Waals surface area contributed by atoms with Crippen LogP contribution < -0.4 is 0 Å². The number of rotatable bonds is 1. The van der Waals surface area contributed by atoms with Gasteiger partial charge in [-0.3, -0.25) is 4.98 Å². The van der Waals surface area contributed by atoms with E-state index in [1.165, 1.54) is 55.6 Å². The lowest BCUT2D eigenvalue weighted by Gasteiger charge is -2.23. The molecule has 0 radical (unpaired) electrons. The summed E-state index contributed by atoms with van der Waals surface area (Å²) in [4.78, 5) is 4.74. The predicted molar refractivity (Wildman–Crippen MR) is 134 cm³/mol. The second-order valence-electron chi connectivity index (χ2n) is 8.55. The van der Waals surface area contributed by atoms with Crippen LogP contribution in [0.4, 0.5) is 0 Å². The summed E-state index contributed by atoms with van der Waals surface area (Å²) in [5.74, 6) is 0. The smallest absolute Gasteiger partial charge is 0.0705 e. The quantitative estimate of drug-likeness (QED) is 0.266. The van der Waals surface area contributed by atoms with Gasteiger partial charge in [-0.05, 0) is 81.6 Å². The maximum Gasteiger partial charge on any atom is 0.0705 e. The van der Waals surface area contributed by atoms with Crippen LogP contribution in [0.3, 0.4) is 0 Å². The molecule has 0 aliphatic heterocycles. The molecule has 0 amide bonds. The van der Waals surface area contributed by atoms with Crippen molar-refractivity contribution in [2.24, 2.45) is 0 Å². The number of aromatic nitrogens is 1. The van der Waals surface area contributed by atoms with Crippen LogP contribution >= 0.6 is 0 Å². The van der Waals surface area contributed by atoms with Gasteiger partial charge in [-0.1, -0.05) is 84.9 Å². The zero-order valence-corrected chi connectivity index (χ0v) is 18.3. The predicted octanol–water partition coefficient (Wildman–Crippen LogP) is 8.35. The first-order valence-corrected chi connectivity index (χ1v) is 11.1. The van der Waals surface area contributed by atoms with Crippen molar-refractivity contribution in [1.82, 2.24) is 4.98 Å². The number of pyridine rings is 1. The molecule has 1 aliphatic rings. The number of hydrogen-bond acceptors (Lipinski definition) is 1. The molecule has 32 heavy (non-hydrogen) atoms. The Morgan fingerprint density at radius 1 is 0.438 bits per heavy atom. The number of fused-ring (bicyclic) bond motifs is 8. The highest BCUT2D eigenvalue weighted by atomic mass is 14.7. The molecule has 0 atom stereocenters. The summed E-state index contributed by atoms with van der Waals surface area (Å²) in [5, 5.41) is 0. The van der Waals surface area contributed by atoms with E-state index in [1.807, 2.05) is 6.20 Å². The van der Waals surface area contributed by atoms with Gasteiger partial charge < -0.3 is 0 Å². The molecule has 0 N–H and O–H groups in total. The lowest BCUT2D eigenvalue weighted by atomic mass is 9.80. The summed E-state index contributed by atoms with van der Waals surface area (Å²) in [6, 6.07) is 35.3. The lowest BCUT2D eigenvalue weighted by molar-refractivity contribution is 1.22. The molecule has 1 heteroatoms. The summed E-state index contributed by atoms with van der Waals surface area (Å²) < 4.78 is 0. The van der Waals surface area contributed by atoms with E-state index in [0.717, 1.165) is 11.3 Å². The normalized spacial score (nSPS) is 11.4. The third-order valence-electron chi connectivity index (χ3n) is 6.63. The summed E-state index contributed by atoms with van der Waals surface area (Å²) in [6.45, 7) is 4.26. The van der Waals surface area contributed by atoms with Crippen LogP contribution in [0.5, 0.6) is 0 Å². The van der Waals surface area contributed by atoms with Gasteiger partial charge in [0.25, 0.3) is 0 Å². The second-order valence-corrected chi connectivity index (χ2v) is 8.55. The molecule has 1 aliphatic carbocycles. The van der Waals surface area contributed by atoms with Crippen molar-refractivity contribution in [2.45, 2.75) is 13.8 Å². The van der Waals surface area contributed by atoms with Gasteiger partial charge >= 0.3 is 0 Å². The molecule has 4 aromatic carbocycles. The topological polar surface area (TPSA) is 12.9 Å². The fraction of sp³-hybridized carbons (Fsp3) is 0.0645. The average molecular weight is 410 g/mol. The maximum atomic E-state index is 4.74. The van der Waals surface area contributed by atoms with Gasteiger partial charge in [0.15, 0.2) is 0 Å². The van der Waals surface area contributed by atoms with E-state index in [1.54, 1.807) is 0 Å². The molecule has 0 spiro atoms. The van der Waals surface area contributed by atoms with Crippen LogP contribution in [-0.2, 0) is 0 Å². The Morgan fingerprint density at radius 2 is 0.875 bits per heavy atom. The molecule has 6 rings (SSSR count). The van der Waals surface area contributed by atoms with Crippen molar-refractivity contribution in [3.63, 3.8) is 0 Å².